The first-order valence-electron chi connectivity index (χ1n) is 8.01. The minimum Gasteiger partial charge on any atom is -0.497 e. The zero-order chi connectivity index (χ0) is 18.9. The smallest absolute Gasteiger partial charge is 0.336 e. The van der Waals surface area contributed by atoms with Crippen LogP contribution in [0.2, 0.25) is 0 Å². The highest BCUT2D eigenvalue weighted by Gasteiger charge is 2.02. The molecule has 0 saturated heterocycles. The van der Waals surface area contributed by atoms with Crippen molar-refractivity contribution >= 4 is 11.0 Å². The normalized spacial score (nSPS) is 9.81. The number of fused-ring (bicyclic) bond motifs is 1. The van der Waals surface area contributed by atoms with E-state index in [0.717, 1.165) is 23.3 Å². The van der Waals surface area contributed by atoms with Crippen LogP contribution in [0.15, 0.2) is 70.4 Å². The van der Waals surface area contributed by atoms with Crippen molar-refractivity contribution in [1.82, 2.24) is 0 Å². The quantitative estimate of drug-likeness (QED) is 0.507. The summed E-state index contributed by atoms with van der Waals surface area (Å²) in [5, 5.41) is 0.889. The predicted octanol–water partition coefficient (Wildman–Crippen LogP) is 4.23. The molecule has 0 saturated carbocycles. The summed E-state index contributed by atoms with van der Waals surface area (Å²) < 4.78 is 20.3. The van der Waals surface area contributed by atoms with Gasteiger partial charge in [-0.3, -0.25) is 0 Å². The molecule has 2 aromatic carbocycles. The summed E-state index contributed by atoms with van der Waals surface area (Å²) >= 11 is 0. The molecule has 0 radical (unpaired) electrons. The van der Waals surface area contributed by atoms with Crippen molar-refractivity contribution < 1.29 is 18.6 Å². The summed E-state index contributed by atoms with van der Waals surface area (Å²) in [5.74, 6) is 2.21. The fourth-order valence-corrected chi connectivity index (χ4v) is 2.34. The third-order valence-electron chi connectivity index (χ3n) is 3.66. The second-order valence-corrected chi connectivity index (χ2v) is 5.34. The summed E-state index contributed by atoms with van der Waals surface area (Å²) in [4.78, 5) is 10.9. The Kier molecular flexibility index (Phi) is 6.85. The lowest BCUT2D eigenvalue weighted by molar-refractivity contribution is 0.354. The van der Waals surface area contributed by atoms with E-state index in [1.807, 2.05) is 36.4 Å². The first kappa shape index (κ1) is 19.1. The molecule has 0 spiro atoms. The molecule has 0 fully saturated rings. The van der Waals surface area contributed by atoms with Gasteiger partial charge in [0.1, 0.15) is 11.3 Å². The van der Waals surface area contributed by atoms with Crippen molar-refractivity contribution in [1.29, 1.82) is 0 Å². The minimum absolute atomic E-state index is 0.347. The van der Waals surface area contributed by atoms with Crippen LogP contribution in [-0.2, 0) is 6.42 Å². The van der Waals surface area contributed by atoms with E-state index in [1.165, 1.54) is 11.6 Å². The molecule has 0 aliphatic rings. The maximum absolute atomic E-state index is 10.9. The van der Waals surface area contributed by atoms with Crippen molar-refractivity contribution in [3.63, 3.8) is 0 Å². The van der Waals surface area contributed by atoms with Crippen LogP contribution < -0.4 is 19.8 Å². The topological polar surface area (TPSA) is 57.9 Å². The highest BCUT2D eigenvalue weighted by Crippen LogP contribution is 2.27. The molecular formula is C21H22O5. The number of hydrogen-bond donors (Lipinski definition) is 0. The van der Waals surface area contributed by atoms with Crippen molar-refractivity contribution in [3.8, 4) is 17.2 Å². The van der Waals surface area contributed by atoms with Crippen LogP contribution >= 0.6 is 0 Å². The summed E-state index contributed by atoms with van der Waals surface area (Å²) in [5.41, 5.74) is 1.38. The Balaban J connectivity index is 0.000000187. The molecule has 0 amide bonds. The minimum atomic E-state index is -0.347. The second kappa shape index (κ2) is 9.32. The Morgan fingerprint density at radius 2 is 1.65 bits per heavy atom. The van der Waals surface area contributed by atoms with Gasteiger partial charge in [-0.1, -0.05) is 12.1 Å². The van der Waals surface area contributed by atoms with Crippen molar-refractivity contribution in [2.24, 2.45) is 0 Å². The molecule has 136 valence electrons. The molecule has 3 rings (SSSR count). The average molecular weight is 354 g/mol. The Morgan fingerprint density at radius 3 is 2.31 bits per heavy atom. The van der Waals surface area contributed by atoms with E-state index in [1.54, 1.807) is 33.5 Å². The molecule has 0 unspecified atom stereocenters. The van der Waals surface area contributed by atoms with Crippen molar-refractivity contribution in [3.05, 3.63) is 77.2 Å². The van der Waals surface area contributed by atoms with Crippen LogP contribution in [0, 0.1) is 0 Å². The third kappa shape index (κ3) is 4.89. The number of methoxy groups -OCH3 is 3. The standard InChI is InChI=1S/C11H14O2.C10H8O3/c1-4-5-9-6-7-10(12-2)11(8-9)13-3;1-12-8-4-2-7-3-5-10(11)13-9(7)6-8/h4,6-8H,1,5H2,2-3H3;2-6H,1H3. The van der Waals surface area contributed by atoms with Gasteiger partial charge < -0.3 is 18.6 Å². The number of allylic oxidation sites excluding steroid dienone is 1. The lowest BCUT2D eigenvalue weighted by atomic mass is 10.1. The predicted molar refractivity (Wildman–Crippen MR) is 102 cm³/mol. The number of ether oxygens (including phenoxy) is 3. The van der Waals surface area contributed by atoms with Gasteiger partial charge in [-0.25, -0.2) is 4.79 Å². The van der Waals surface area contributed by atoms with Gasteiger partial charge >= 0.3 is 5.63 Å². The number of hydrogen-bond acceptors (Lipinski definition) is 5. The van der Waals surface area contributed by atoms with Crippen LogP contribution in [0.4, 0.5) is 0 Å². The first-order chi connectivity index (χ1) is 12.6. The Bertz CT molecular complexity index is 927. The van der Waals surface area contributed by atoms with E-state index >= 15 is 0 Å². The second-order valence-electron chi connectivity index (χ2n) is 5.34. The summed E-state index contributed by atoms with van der Waals surface area (Å²) in [7, 11) is 4.84. The Labute approximate surface area is 152 Å². The molecule has 0 bridgehead atoms. The zero-order valence-corrected chi connectivity index (χ0v) is 15.2. The Hall–Kier alpha value is -3.21. The molecule has 0 atom stereocenters. The van der Waals surface area contributed by atoms with E-state index in [0.29, 0.717) is 11.3 Å². The zero-order valence-electron chi connectivity index (χ0n) is 15.2. The van der Waals surface area contributed by atoms with E-state index in [-0.39, 0.29) is 5.63 Å². The molecule has 1 aromatic heterocycles. The van der Waals surface area contributed by atoms with Gasteiger partial charge in [0.2, 0.25) is 0 Å². The fourth-order valence-electron chi connectivity index (χ4n) is 2.34. The molecule has 0 N–H and O–H groups in total. The van der Waals surface area contributed by atoms with Crippen LogP contribution in [-0.4, -0.2) is 21.3 Å². The van der Waals surface area contributed by atoms with Gasteiger partial charge in [0, 0.05) is 17.5 Å². The van der Waals surface area contributed by atoms with Crippen molar-refractivity contribution in [2.75, 3.05) is 21.3 Å². The molecule has 0 aliphatic carbocycles. The van der Waals surface area contributed by atoms with Gasteiger partial charge in [-0.2, -0.15) is 0 Å². The van der Waals surface area contributed by atoms with E-state index < -0.39 is 0 Å². The first-order valence-corrected chi connectivity index (χ1v) is 8.01. The van der Waals surface area contributed by atoms with Crippen LogP contribution in [0.3, 0.4) is 0 Å². The summed E-state index contributed by atoms with van der Waals surface area (Å²) in [6.07, 6.45) is 2.71. The molecule has 26 heavy (non-hydrogen) atoms. The highest BCUT2D eigenvalue weighted by molar-refractivity contribution is 5.77. The van der Waals surface area contributed by atoms with Gasteiger partial charge in [0.05, 0.1) is 21.3 Å². The summed E-state index contributed by atoms with van der Waals surface area (Å²) in [6.45, 7) is 3.68. The molecular weight excluding hydrogens is 332 g/mol. The Morgan fingerprint density at radius 1 is 0.923 bits per heavy atom. The van der Waals surface area contributed by atoms with Crippen LogP contribution in [0.5, 0.6) is 17.2 Å². The van der Waals surface area contributed by atoms with E-state index in [2.05, 4.69) is 6.58 Å². The monoisotopic (exact) mass is 354 g/mol. The lowest BCUT2D eigenvalue weighted by Crippen LogP contribution is -1.94. The van der Waals surface area contributed by atoms with Gasteiger partial charge in [-0.05, 0) is 42.3 Å². The average Bonchev–Trinajstić information content (AvgIpc) is 2.68. The molecule has 5 heteroatoms. The van der Waals surface area contributed by atoms with Crippen LogP contribution in [0.25, 0.3) is 11.0 Å². The molecule has 0 aliphatic heterocycles. The van der Waals surface area contributed by atoms with E-state index in [9.17, 15) is 4.79 Å². The van der Waals surface area contributed by atoms with Gasteiger partial charge in [0.25, 0.3) is 0 Å². The van der Waals surface area contributed by atoms with E-state index in [4.69, 9.17) is 18.6 Å². The third-order valence-corrected chi connectivity index (χ3v) is 3.66. The van der Waals surface area contributed by atoms with Crippen molar-refractivity contribution in [2.45, 2.75) is 6.42 Å². The fraction of sp³-hybridized carbons (Fsp3) is 0.190. The van der Waals surface area contributed by atoms with Crippen LogP contribution in [0.1, 0.15) is 5.56 Å². The highest BCUT2D eigenvalue weighted by atomic mass is 16.5. The summed E-state index contributed by atoms with van der Waals surface area (Å²) in [6, 6.07) is 14.3. The SMILES string of the molecule is C=CCc1ccc(OC)c(OC)c1.COc1ccc2ccc(=O)oc2c1. The number of rotatable bonds is 5. The maximum Gasteiger partial charge on any atom is 0.336 e. The number of benzene rings is 2. The van der Waals surface area contributed by atoms with Gasteiger partial charge in [0.15, 0.2) is 11.5 Å². The van der Waals surface area contributed by atoms with Gasteiger partial charge in [-0.15, -0.1) is 6.58 Å². The molecule has 3 aromatic rings. The lowest BCUT2D eigenvalue weighted by Gasteiger charge is -2.08. The maximum atomic E-state index is 10.9. The molecule has 1 heterocycles. The largest absolute Gasteiger partial charge is 0.497 e. The molecule has 5 nitrogen and oxygen atoms in total.